The van der Waals surface area contributed by atoms with Gasteiger partial charge in [-0.1, -0.05) is 53.2 Å². The van der Waals surface area contributed by atoms with Crippen molar-refractivity contribution < 1.29 is 27.5 Å². The lowest BCUT2D eigenvalue weighted by Gasteiger charge is -2.69. The summed E-state index contributed by atoms with van der Waals surface area (Å²) in [6, 6.07) is 0. The minimum absolute atomic E-state index is 0.0199. The van der Waals surface area contributed by atoms with Crippen molar-refractivity contribution in [2.75, 3.05) is 13.4 Å². The molecule has 5 aliphatic carbocycles. The number of hydrogen-bond donors (Lipinski definition) is 0. The Balaban J connectivity index is 1.69. The topological polar surface area (TPSA) is 94.6 Å². The van der Waals surface area contributed by atoms with Gasteiger partial charge in [-0.2, -0.15) is 0 Å². The summed E-state index contributed by atoms with van der Waals surface area (Å²) in [5, 5.41) is 0. The summed E-state index contributed by atoms with van der Waals surface area (Å²) in [6.07, 6.45) is 10.6. The minimum Gasteiger partial charge on any atom is -0.469 e. The molecule has 39 heavy (non-hydrogen) atoms. The number of fused-ring (bicyclic) bond motifs is 7. The van der Waals surface area contributed by atoms with Gasteiger partial charge in [0.1, 0.15) is 4.91 Å². The normalized spacial score (nSPS) is 47.1. The molecule has 0 amide bonds. The van der Waals surface area contributed by atoms with Gasteiger partial charge in [0.05, 0.1) is 12.5 Å². The number of carbonyl (C=O) groups excluding carboxylic acids is 3. The Morgan fingerprint density at radius 1 is 0.949 bits per heavy atom. The lowest BCUT2D eigenvalue weighted by atomic mass is 9.34. The molecule has 0 aromatic rings. The third kappa shape index (κ3) is 3.56. The quantitative estimate of drug-likeness (QED) is 0.394. The summed E-state index contributed by atoms with van der Waals surface area (Å²) >= 11 is 0. The van der Waals surface area contributed by atoms with E-state index in [-0.39, 0.29) is 45.1 Å². The zero-order valence-corrected chi connectivity index (χ0v) is 26.0. The second-order valence-corrected chi connectivity index (χ2v) is 17.4. The Morgan fingerprint density at radius 3 is 2.15 bits per heavy atom. The van der Waals surface area contributed by atoms with Gasteiger partial charge in [-0.3, -0.25) is 14.4 Å². The van der Waals surface area contributed by atoms with Crippen LogP contribution in [0.5, 0.6) is 0 Å². The van der Waals surface area contributed by atoms with Crippen LogP contribution in [0.3, 0.4) is 0 Å². The number of ether oxygens (including phenoxy) is 1. The first kappa shape index (κ1) is 28.8. The highest BCUT2D eigenvalue weighted by Crippen LogP contribution is 2.74. The van der Waals surface area contributed by atoms with Crippen molar-refractivity contribution in [1.82, 2.24) is 0 Å². The van der Waals surface area contributed by atoms with E-state index in [0.29, 0.717) is 6.42 Å². The van der Waals surface area contributed by atoms with Gasteiger partial charge in [0.2, 0.25) is 0 Å². The Labute approximate surface area is 234 Å². The fraction of sp³-hybridized carbons (Fsp3) is 0.781. The molecule has 0 heterocycles. The van der Waals surface area contributed by atoms with Gasteiger partial charge in [0, 0.05) is 23.0 Å². The van der Waals surface area contributed by atoms with E-state index in [1.807, 2.05) is 33.8 Å². The molecule has 5 aliphatic rings. The summed E-state index contributed by atoms with van der Waals surface area (Å²) in [5.74, 6) is -0.922. The maximum absolute atomic E-state index is 14.4. The van der Waals surface area contributed by atoms with Gasteiger partial charge < -0.3 is 4.74 Å². The first-order valence-corrected chi connectivity index (χ1v) is 16.4. The van der Waals surface area contributed by atoms with E-state index in [0.717, 1.165) is 44.8 Å². The summed E-state index contributed by atoms with van der Waals surface area (Å²) in [4.78, 5) is 40.6. The van der Waals surface area contributed by atoms with Gasteiger partial charge >= 0.3 is 5.97 Å². The average molecular weight is 559 g/mol. The minimum atomic E-state index is -3.76. The molecule has 3 fully saturated rings. The van der Waals surface area contributed by atoms with E-state index >= 15 is 0 Å². The lowest BCUT2D eigenvalue weighted by Crippen LogP contribution is -2.65. The number of sulfone groups is 1. The van der Waals surface area contributed by atoms with Crippen LogP contribution in [-0.2, 0) is 29.0 Å². The molecule has 0 N–H and O–H groups in total. The molecule has 7 heteroatoms. The molecule has 0 spiro atoms. The van der Waals surface area contributed by atoms with Crippen LogP contribution in [0, 0.1) is 50.2 Å². The fourth-order valence-corrected chi connectivity index (χ4v) is 11.4. The van der Waals surface area contributed by atoms with Crippen molar-refractivity contribution in [3.05, 3.63) is 22.6 Å². The van der Waals surface area contributed by atoms with Crippen LogP contribution in [0.15, 0.2) is 22.6 Å². The number of hydrogen-bond acceptors (Lipinski definition) is 6. The maximum Gasteiger partial charge on any atom is 0.311 e. The number of Topliss-reactive ketones (excluding diaryl/α,β-unsaturated/α-hetero) is 1. The lowest BCUT2D eigenvalue weighted by molar-refractivity contribution is -0.172. The molecule has 0 aromatic heterocycles. The van der Waals surface area contributed by atoms with Gasteiger partial charge in [-0.15, -0.1) is 0 Å². The summed E-state index contributed by atoms with van der Waals surface area (Å²) in [7, 11) is -2.30. The molecule has 8 atom stereocenters. The number of esters is 1. The molecule has 216 valence electrons. The van der Waals surface area contributed by atoms with Crippen molar-refractivity contribution in [1.29, 1.82) is 0 Å². The van der Waals surface area contributed by atoms with E-state index < -0.39 is 37.4 Å². The van der Waals surface area contributed by atoms with Gasteiger partial charge in [-0.25, -0.2) is 8.42 Å². The third-order valence-electron chi connectivity index (χ3n) is 13.0. The van der Waals surface area contributed by atoms with Crippen LogP contribution in [0.2, 0.25) is 0 Å². The molecule has 5 rings (SSSR count). The van der Waals surface area contributed by atoms with Gasteiger partial charge in [-0.05, 0) is 86.0 Å². The average Bonchev–Trinajstić information content (AvgIpc) is 2.82. The second-order valence-electron chi connectivity index (χ2n) is 15.4. The van der Waals surface area contributed by atoms with E-state index in [4.69, 9.17) is 4.74 Å². The first-order chi connectivity index (χ1) is 17.7. The predicted octanol–water partition coefficient (Wildman–Crippen LogP) is 5.86. The van der Waals surface area contributed by atoms with Crippen molar-refractivity contribution in [2.24, 2.45) is 50.2 Å². The van der Waals surface area contributed by atoms with Crippen LogP contribution in [0.4, 0.5) is 0 Å². The molecule has 0 aliphatic heterocycles. The first-order valence-electron chi connectivity index (χ1n) is 14.5. The zero-order valence-electron chi connectivity index (χ0n) is 25.2. The third-order valence-corrected chi connectivity index (χ3v) is 14.1. The van der Waals surface area contributed by atoms with Crippen LogP contribution >= 0.6 is 0 Å². The number of methoxy groups -OCH3 is 1. The van der Waals surface area contributed by atoms with Crippen molar-refractivity contribution in [2.45, 2.75) is 93.4 Å². The highest BCUT2D eigenvalue weighted by Gasteiger charge is 2.70. The summed E-state index contributed by atoms with van der Waals surface area (Å²) in [6.45, 7) is 14.6. The largest absolute Gasteiger partial charge is 0.469 e. The standard InChI is InChI=1S/C32H46O6S/c1-27(2)23-10-11-32(7)24(30(23,5)18-22(25(27)34)39(9,36)37)21(33)16-19-20-17-29(4,26(35)38-8)13-12-28(20,3)14-15-31(19,32)6/h16,18,20,23-24H,10-15,17H2,1-9H3/t20-,23-,24+,28+,29-,30-,31+,32+/m0/s1. The maximum atomic E-state index is 14.4. The van der Waals surface area contributed by atoms with E-state index in [2.05, 4.69) is 20.8 Å². The highest BCUT2D eigenvalue weighted by molar-refractivity contribution is 7.95. The number of carbonyl (C=O) groups is 3. The second kappa shape index (κ2) is 8.17. The van der Waals surface area contributed by atoms with Gasteiger partial charge in [0.15, 0.2) is 21.4 Å². The molecule has 0 radical (unpaired) electrons. The molecule has 0 unspecified atom stereocenters. The Hall–Kier alpha value is -1.76. The molecular formula is C32H46O6S. The predicted molar refractivity (Wildman–Crippen MR) is 150 cm³/mol. The molecular weight excluding hydrogens is 512 g/mol. The van der Waals surface area contributed by atoms with E-state index in [1.54, 1.807) is 6.08 Å². The molecule has 6 nitrogen and oxygen atoms in total. The Morgan fingerprint density at radius 2 is 1.56 bits per heavy atom. The summed E-state index contributed by atoms with van der Waals surface area (Å²) < 4.78 is 30.9. The van der Waals surface area contributed by atoms with Gasteiger partial charge in [0.25, 0.3) is 0 Å². The molecule has 0 bridgehead atoms. The van der Waals surface area contributed by atoms with Crippen LogP contribution in [0.25, 0.3) is 0 Å². The Bertz CT molecular complexity index is 1340. The zero-order chi connectivity index (χ0) is 29.2. The fourth-order valence-electron chi connectivity index (χ4n) is 10.4. The molecule has 0 aromatic carbocycles. The smallest absolute Gasteiger partial charge is 0.311 e. The SMILES string of the molecule is COC(=O)[C@@]1(C)CC[C@]2(C)CC[C@]3(C)C(=CC(=O)[C@@H]4[C@@]5(C)C=C(S(C)(=O)=O)C(=O)C(C)(C)[C@@H]5CC[C@]43C)[C@@H]2C1. The van der Waals surface area contributed by atoms with Crippen molar-refractivity contribution >= 4 is 27.4 Å². The molecule has 0 saturated heterocycles. The molecule has 3 saturated carbocycles. The van der Waals surface area contributed by atoms with E-state index in [1.165, 1.54) is 12.7 Å². The van der Waals surface area contributed by atoms with E-state index in [9.17, 15) is 22.8 Å². The van der Waals surface area contributed by atoms with Crippen molar-refractivity contribution in [3.8, 4) is 0 Å². The van der Waals surface area contributed by atoms with Crippen LogP contribution < -0.4 is 0 Å². The number of rotatable bonds is 2. The van der Waals surface area contributed by atoms with Crippen LogP contribution in [-0.4, -0.2) is 39.3 Å². The van der Waals surface area contributed by atoms with Crippen LogP contribution in [0.1, 0.15) is 93.4 Å². The Kier molecular flexibility index (Phi) is 6.02. The monoisotopic (exact) mass is 558 g/mol. The summed E-state index contributed by atoms with van der Waals surface area (Å²) in [5.41, 5.74) is -1.71. The van der Waals surface area contributed by atoms with Crippen molar-refractivity contribution in [3.63, 3.8) is 0 Å². The highest BCUT2D eigenvalue weighted by atomic mass is 32.2. The number of ketones is 2. The number of allylic oxidation sites excluding steroid dienone is 4.